The molecule has 0 bridgehead atoms. The number of thiazole rings is 1. The predicted octanol–water partition coefficient (Wildman–Crippen LogP) is 4.52. The van der Waals surface area contributed by atoms with Crippen molar-refractivity contribution in [1.82, 2.24) is 4.98 Å². The van der Waals surface area contributed by atoms with E-state index in [4.69, 9.17) is 0 Å². The van der Waals surface area contributed by atoms with Gasteiger partial charge >= 0.3 is 0 Å². The van der Waals surface area contributed by atoms with Gasteiger partial charge in [0.1, 0.15) is 0 Å². The van der Waals surface area contributed by atoms with Crippen LogP contribution in [0.5, 0.6) is 0 Å². The first-order valence-electron chi connectivity index (χ1n) is 6.30. The minimum Gasteiger partial charge on any atom is -0.253 e. The van der Waals surface area contributed by atoms with Gasteiger partial charge in [0.05, 0.1) is 10.2 Å². The molecule has 0 spiro atoms. The lowest BCUT2D eigenvalue weighted by Gasteiger charge is -2.03. The van der Waals surface area contributed by atoms with E-state index in [-0.39, 0.29) is 0 Å². The molecular formula is C14H19N3S. The second-order valence-corrected chi connectivity index (χ2v) is 5.91. The summed E-state index contributed by atoms with van der Waals surface area (Å²) in [6, 6.07) is 8.13. The highest BCUT2D eigenvalue weighted by Crippen LogP contribution is 2.25. The average molecular weight is 261 g/mol. The standard InChI is InChI=1S/C14H19N3S/c1-10(2)8-9-11(3)16-17-14-15-12-6-4-5-7-13(12)18-14/h4-7,10H,8-9H2,1-3H3,(H,15,17)/b16-11-. The van der Waals surface area contributed by atoms with Gasteiger partial charge in [-0.1, -0.05) is 37.3 Å². The molecular weight excluding hydrogens is 242 g/mol. The number of nitrogens with one attached hydrogen (secondary N) is 1. The van der Waals surface area contributed by atoms with Crippen LogP contribution in [0.1, 0.15) is 33.6 Å². The number of aromatic nitrogens is 1. The van der Waals surface area contributed by atoms with E-state index in [1.807, 2.05) is 18.2 Å². The third-order valence-corrected chi connectivity index (χ3v) is 3.66. The second-order valence-electron chi connectivity index (χ2n) is 4.88. The fraction of sp³-hybridized carbons (Fsp3) is 0.429. The van der Waals surface area contributed by atoms with Gasteiger partial charge < -0.3 is 0 Å². The van der Waals surface area contributed by atoms with E-state index in [0.29, 0.717) is 0 Å². The van der Waals surface area contributed by atoms with E-state index in [1.165, 1.54) is 11.1 Å². The Morgan fingerprint density at radius 1 is 1.39 bits per heavy atom. The van der Waals surface area contributed by atoms with Gasteiger partial charge in [0.25, 0.3) is 0 Å². The number of hydrogen-bond donors (Lipinski definition) is 1. The van der Waals surface area contributed by atoms with Crippen molar-refractivity contribution in [1.29, 1.82) is 0 Å². The first-order valence-corrected chi connectivity index (χ1v) is 7.11. The van der Waals surface area contributed by atoms with Crippen LogP contribution in [-0.2, 0) is 0 Å². The SMILES string of the molecule is C/C(CCC(C)C)=N/Nc1nc2ccccc2s1. The Labute approximate surface area is 112 Å². The van der Waals surface area contributed by atoms with Gasteiger partial charge in [0.2, 0.25) is 5.13 Å². The summed E-state index contributed by atoms with van der Waals surface area (Å²) in [5, 5.41) is 5.24. The van der Waals surface area contributed by atoms with Crippen molar-refractivity contribution < 1.29 is 0 Å². The van der Waals surface area contributed by atoms with Gasteiger partial charge in [0.15, 0.2) is 0 Å². The quantitative estimate of drug-likeness (QED) is 0.634. The fourth-order valence-corrected chi connectivity index (χ4v) is 2.43. The lowest BCUT2D eigenvalue weighted by atomic mass is 10.1. The van der Waals surface area contributed by atoms with Crippen molar-refractivity contribution in [2.45, 2.75) is 33.6 Å². The van der Waals surface area contributed by atoms with E-state index >= 15 is 0 Å². The Kier molecular flexibility index (Phi) is 4.31. The largest absolute Gasteiger partial charge is 0.253 e. The number of nitrogens with zero attached hydrogens (tertiary/aromatic N) is 2. The van der Waals surface area contributed by atoms with Gasteiger partial charge in [-0.25, -0.2) is 4.98 Å². The van der Waals surface area contributed by atoms with E-state index in [2.05, 4.69) is 42.3 Å². The number of benzene rings is 1. The summed E-state index contributed by atoms with van der Waals surface area (Å²) in [7, 11) is 0. The smallest absolute Gasteiger partial charge is 0.204 e. The molecule has 0 aliphatic rings. The molecule has 4 heteroatoms. The zero-order valence-electron chi connectivity index (χ0n) is 11.1. The summed E-state index contributed by atoms with van der Waals surface area (Å²) in [6.45, 7) is 6.52. The van der Waals surface area contributed by atoms with Crippen molar-refractivity contribution in [2.24, 2.45) is 11.0 Å². The lowest BCUT2D eigenvalue weighted by molar-refractivity contribution is 0.603. The lowest BCUT2D eigenvalue weighted by Crippen LogP contribution is -1.99. The molecule has 2 aromatic rings. The average Bonchev–Trinajstić information content (AvgIpc) is 2.76. The van der Waals surface area contributed by atoms with Crippen LogP contribution in [0.4, 0.5) is 5.13 Å². The van der Waals surface area contributed by atoms with Gasteiger partial charge in [0, 0.05) is 5.71 Å². The molecule has 0 fully saturated rings. The predicted molar refractivity (Wildman–Crippen MR) is 80.4 cm³/mol. The van der Waals surface area contributed by atoms with Gasteiger partial charge in [-0.2, -0.15) is 5.10 Å². The molecule has 2 rings (SSSR count). The Balaban J connectivity index is 1.98. The molecule has 3 nitrogen and oxygen atoms in total. The molecule has 0 unspecified atom stereocenters. The molecule has 1 aromatic carbocycles. The minimum atomic E-state index is 0.720. The van der Waals surface area contributed by atoms with Gasteiger partial charge in [-0.3, -0.25) is 5.43 Å². The zero-order chi connectivity index (χ0) is 13.0. The third kappa shape index (κ3) is 3.53. The molecule has 0 radical (unpaired) electrons. The molecule has 1 aromatic heterocycles. The van der Waals surface area contributed by atoms with Crippen LogP contribution >= 0.6 is 11.3 Å². The van der Waals surface area contributed by atoms with Crippen molar-refractivity contribution in [3.63, 3.8) is 0 Å². The molecule has 96 valence electrons. The van der Waals surface area contributed by atoms with Crippen molar-refractivity contribution in [3.05, 3.63) is 24.3 Å². The summed E-state index contributed by atoms with van der Waals surface area (Å²) in [4.78, 5) is 4.48. The first-order chi connectivity index (χ1) is 8.65. The van der Waals surface area contributed by atoms with E-state index in [9.17, 15) is 0 Å². The second kappa shape index (κ2) is 5.96. The van der Waals surface area contributed by atoms with Crippen LogP contribution in [0.25, 0.3) is 10.2 Å². The molecule has 1 N–H and O–H groups in total. The van der Waals surface area contributed by atoms with Crippen LogP contribution in [0.15, 0.2) is 29.4 Å². The molecule has 0 saturated heterocycles. The zero-order valence-corrected chi connectivity index (χ0v) is 11.9. The summed E-state index contributed by atoms with van der Waals surface area (Å²) in [5.41, 5.74) is 5.21. The fourth-order valence-electron chi connectivity index (χ4n) is 1.62. The number of para-hydroxylation sites is 1. The number of hydrogen-bond acceptors (Lipinski definition) is 4. The Hall–Kier alpha value is -1.42. The number of rotatable bonds is 5. The number of fused-ring (bicyclic) bond motifs is 1. The minimum absolute atomic E-state index is 0.720. The maximum atomic E-state index is 4.48. The van der Waals surface area contributed by atoms with E-state index < -0.39 is 0 Å². The summed E-state index contributed by atoms with van der Waals surface area (Å²) in [5.74, 6) is 0.720. The Morgan fingerprint density at radius 2 is 2.17 bits per heavy atom. The molecule has 18 heavy (non-hydrogen) atoms. The highest BCUT2D eigenvalue weighted by molar-refractivity contribution is 7.22. The van der Waals surface area contributed by atoms with Crippen LogP contribution in [0.3, 0.4) is 0 Å². The first kappa shape index (κ1) is 13.0. The topological polar surface area (TPSA) is 37.3 Å². The summed E-state index contributed by atoms with van der Waals surface area (Å²) < 4.78 is 1.19. The molecule has 0 atom stereocenters. The molecule has 1 heterocycles. The third-order valence-electron chi connectivity index (χ3n) is 2.72. The van der Waals surface area contributed by atoms with E-state index in [0.717, 1.165) is 28.7 Å². The van der Waals surface area contributed by atoms with Gasteiger partial charge in [-0.15, -0.1) is 0 Å². The highest BCUT2D eigenvalue weighted by Gasteiger charge is 2.02. The molecule has 0 aliphatic heterocycles. The summed E-state index contributed by atoms with van der Waals surface area (Å²) >= 11 is 1.63. The molecule has 0 saturated carbocycles. The van der Waals surface area contributed by atoms with E-state index in [1.54, 1.807) is 11.3 Å². The number of hydrazone groups is 1. The Bertz CT molecular complexity index is 510. The Morgan fingerprint density at radius 3 is 2.89 bits per heavy atom. The monoisotopic (exact) mass is 261 g/mol. The number of anilines is 1. The van der Waals surface area contributed by atoms with Crippen LogP contribution in [-0.4, -0.2) is 10.7 Å². The highest BCUT2D eigenvalue weighted by atomic mass is 32.1. The van der Waals surface area contributed by atoms with Gasteiger partial charge in [-0.05, 0) is 37.8 Å². The van der Waals surface area contributed by atoms with Crippen molar-refractivity contribution in [2.75, 3.05) is 5.43 Å². The van der Waals surface area contributed by atoms with Crippen molar-refractivity contribution >= 4 is 32.4 Å². The van der Waals surface area contributed by atoms with Crippen molar-refractivity contribution in [3.8, 4) is 0 Å². The molecule has 0 aliphatic carbocycles. The maximum absolute atomic E-state index is 4.48. The normalized spacial score (nSPS) is 12.3. The van der Waals surface area contributed by atoms with Crippen LogP contribution in [0, 0.1) is 5.92 Å². The summed E-state index contributed by atoms with van der Waals surface area (Å²) in [6.07, 6.45) is 2.21. The maximum Gasteiger partial charge on any atom is 0.204 e. The molecule has 0 amide bonds. The van der Waals surface area contributed by atoms with Crippen LogP contribution < -0.4 is 5.43 Å². The van der Waals surface area contributed by atoms with Crippen LogP contribution in [0.2, 0.25) is 0 Å².